The molecule has 18 heavy (non-hydrogen) atoms. The minimum atomic E-state index is -0.268. The summed E-state index contributed by atoms with van der Waals surface area (Å²) in [5.41, 5.74) is 6.96. The Morgan fingerprint density at radius 3 is 2.83 bits per heavy atom. The average molecular weight is 269 g/mol. The Morgan fingerprint density at radius 2 is 2.22 bits per heavy atom. The van der Waals surface area contributed by atoms with Crippen molar-refractivity contribution in [1.82, 2.24) is 4.90 Å². The van der Waals surface area contributed by atoms with Gasteiger partial charge in [0, 0.05) is 24.2 Å². The van der Waals surface area contributed by atoms with Crippen LogP contribution in [0.15, 0.2) is 24.3 Å². The Bertz CT molecular complexity index is 399. The molecule has 0 saturated carbocycles. The Balaban J connectivity index is 2.17. The summed E-state index contributed by atoms with van der Waals surface area (Å²) >= 11 is 6.24. The standard InChI is InChI=1S/C14H21ClN2O/c1-10-6-7-17(9-14(10)18)13(8-16)11-4-2-3-5-12(11)15/h2-5,10,13-14,18H,6-9,16H2,1H3. The molecular weight excluding hydrogens is 248 g/mol. The number of β-amino-alcohol motifs (C(OH)–C–C–N with tert-alkyl or cyclic N) is 1. The number of benzene rings is 1. The summed E-state index contributed by atoms with van der Waals surface area (Å²) < 4.78 is 0. The van der Waals surface area contributed by atoms with Crippen molar-refractivity contribution < 1.29 is 5.11 Å². The second-order valence-electron chi connectivity index (χ2n) is 5.10. The molecule has 4 heteroatoms. The molecule has 1 fully saturated rings. The van der Waals surface area contributed by atoms with Gasteiger partial charge in [-0.2, -0.15) is 0 Å². The molecule has 0 spiro atoms. The van der Waals surface area contributed by atoms with E-state index in [4.69, 9.17) is 17.3 Å². The average Bonchev–Trinajstić information content (AvgIpc) is 2.37. The highest BCUT2D eigenvalue weighted by Crippen LogP contribution is 2.30. The highest BCUT2D eigenvalue weighted by molar-refractivity contribution is 6.31. The molecular formula is C14H21ClN2O. The number of aliphatic hydroxyl groups is 1. The normalized spacial score (nSPS) is 27.1. The van der Waals surface area contributed by atoms with Crippen molar-refractivity contribution in [2.75, 3.05) is 19.6 Å². The molecule has 3 nitrogen and oxygen atoms in total. The van der Waals surface area contributed by atoms with Crippen molar-refractivity contribution in [1.29, 1.82) is 0 Å². The quantitative estimate of drug-likeness (QED) is 0.882. The van der Waals surface area contributed by atoms with Crippen LogP contribution in [0, 0.1) is 5.92 Å². The molecule has 0 radical (unpaired) electrons. The number of halogens is 1. The van der Waals surface area contributed by atoms with Gasteiger partial charge in [0.25, 0.3) is 0 Å². The summed E-state index contributed by atoms with van der Waals surface area (Å²) in [6.07, 6.45) is 0.734. The van der Waals surface area contributed by atoms with Crippen molar-refractivity contribution >= 4 is 11.6 Å². The van der Waals surface area contributed by atoms with E-state index in [0.717, 1.165) is 23.6 Å². The molecule has 1 aromatic rings. The third kappa shape index (κ3) is 2.86. The summed E-state index contributed by atoms with van der Waals surface area (Å²) in [5, 5.41) is 10.7. The van der Waals surface area contributed by atoms with Gasteiger partial charge in [-0.25, -0.2) is 0 Å². The van der Waals surface area contributed by atoms with Gasteiger partial charge >= 0.3 is 0 Å². The number of hydrogen-bond donors (Lipinski definition) is 2. The monoisotopic (exact) mass is 268 g/mol. The fourth-order valence-electron chi connectivity index (χ4n) is 2.57. The first-order valence-electron chi connectivity index (χ1n) is 6.50. The minimum Gasteiger partial charge on any atom is -0.392 e. The number of piperidine rings is 1. The molecule has 3 unspecified atom stereocenters. The van der Waals surface area contributed by atoms with Gasteiger partial charge in [-0.1, -0.05) is 36.7 Å². The Kier molecular flexibility index (Phi) is 4.62. The molecule has 1 aliphatic rings. The predicted molar refractivity (Wildman–Crippen MR) is 74.6 cm³/mol. The number of rotatable bonds is 3. The molecule has 1 aromatic carbocycles. The Labute approximate surface area is 114 Å². The SMILES string of the molecule is CC1CCN(C(CN)c2ccccc2Cl)CC1O. The largest absolute Gasteiger partial charge is 0.392 e. The van der Waals surface area contributed by atoms with Crippen molar-refractivity contribution in [3.63, 3.8) is 0 Å². The van der Waals surface area contributed by atoms with Gasteiger partial charge in [0.05, 0.1) is 6.10 Å². The number of likely N-dealkylation sites (tertiary alicyclic amines) is 1. The zero-order chi connectivity index (χ0) is 13.1. The first-order chi connectivity index (χ1) is 8.63. The second kappa shape index (κ2) is 6.02. The zero-order valence-corrected chi connectivity index (χ0v) is 11.5. The maximum Gasteiger partial charge on any atom is 0.0693 e. The number of hydrogen-bond acceptors (Lipinski definition) is 3. The maximum atomic E-state index is 9.99. The summed E-state index contributed by atoms with van der Waals surface area (Å²) in [6, 6.07) is 7.91. The summed E-state index contributed by atoms with van der Waals surface area (Å²) in [5.74, 6) is 0.367. The van der Waals surface area contributed by atoms with Crippen LogP contribution in [0.25, 0.3) is 0 Å². The van der Waals surface area contributed by atoms with E-state index in [-0.39, 0.29) is 12.1 Å². The summed E-state index contributed by atoms with van der Waals surface area (Å²) in [4.78, 5) is 2.24. The fourth-order valence-corrected chi connectivity index (χ4v) is 2.84. The van der Waals surface area contributed by atoms with Crippen molar-refractivity contribution in [3.8, 4) is 0 Å². The molecule has 1 aliphatic heterocycles. The molecule has 3 N–H and O–H groups in total. The van der Waals surface area contributed by atoms with Gasteiger partial charge in [0.15, 0.2) is 0 Å². The van der Waals surface area contributed by atoms with Crippen LogP contribution in [0.2, 0.25) is 5.02 Å². The highest BCUT2D eigenvalue weighted by Gasteiger charge is 2.29. The number of nitrogens with two attached hydrogens (primary N) is 1. The van der Waals surface area contributed by atoms with Crippen LogP contribution in [0.3, 0.4) is 0 Å². The number of aliphatic hydroxyl groups excluding tert-OH is 1. The van der Waals surface area contributed by atoms with E-state index in [9.17, 15) is 5.11 Å². The molecule has 0 aromatic heterocycles. The fraction of sp³-hybridized carbons (Fsp3) is 0.571. The van der Waals surface area contributed by atoms with Crippen LogP contribution in [-0.4, -0.2) is 35.7 Å². The third-order valence-corrected chi connectivity index (χ3v) is 4.22. The van der Waals surface area contributed by atoms with E-state index in [1.807, 2.05) is 24.3 Å². The first-order valence-corrected chi connectivity index (χ1v) is 6.88. The van der Waals surface area contributed by atoms with Crippen molar-refractivity contribution in [2.45, 2.75) is 25.5 Å². The van der Waals surface area contributed by atoms with Crippen LogP contribution in [0.5, 0.6) is 0 Å². The molecule has 100 valence electrons. The van der Waals surface area contributed by atoms with Crippen molar-refractivity contribution in [2.24, 2.45) is 11.7 Å². The lowest BCUT2D eigenvalue weighted by molar-refractivity contribution is 0.0111. The van der Waals surface area contributed by atoms with E-state index in [0.29, 0.717) is 19.0 Å². The third-order valence-electron chi connectivity index (χ3n) is 3.88. The first kappa shape index (κ1) is 13.8. The van der Waals surface area contributed by atoms with E-state index < -0.39 is 0 Å². The van der Waals surface area contributed by atoms with Crippen LogP contribution < -0.4 is 5.73 Å². The lowest BCUT2D eigenvalue weighted by Crippen LogP contribution is -2.46. The molecule has 0 bridgehead atoms. The van der Waals surface area contributed by atoms with Gasteiger partial charge in [-0.3, -0.25) is 4.90 Å². The molecule has 1 saturated heterocycles. The van der Waals surface area contributed by atoms with Gasteiger partial charge in [-0.15, -0.1) is 0 Å². The van der Waals surface area contributed by atoms with Crippen molar-refractivity contribution in [3.05, 3.63) is 34.9 Å². The van der Waals surface area contributed by atoms with Gasteiger partial charge < -0.3 is 10.8 Å². The van der Waals surface area contributed by atoms with Crippen LogP contribution in [0.1, 0.15) is 24.9 Å². The van der Waals surface area contributed by atoms with Gasteiger partial charge in [0.1, 0.15) is 0 Å². The van der Waals surface area contributed by atoms with E-state index >= 15 is 0 Å². The topological polar surface area (TPSA) is 49.5 Å². The molecule has 3 atom stereocenters. The predicted octanol–water partition coefficient (Wildman–Crippen LogP) is 2.04. The lowest BCUT2D eigenvalue weighted by atomic mass is 9.93. The highest BCUT2D eigenvalue weighted by atomic mass is 35.5. The van der Waals surface area contributed by atoms with E-state index in [1.165, 1.54) is 0 Å². The maximum absolute atomic E-state index is 9.99. The Morgan fingerprint density at radius 1 is 1.50 bits per heavy atom. The van der Waals surface area contributed by atoms with Crippen LogP contribution in [0.4, 0.5) is 0 Å². The van der Waals surface area contributed by atoms with Gasteiger partial charge in [0.2, 0.25) is 0 Å². The minimum absolute atomic E-state index is 0.0980. The Hall–Kier alpha value is -0.610. The van der Waals surface area contributed by atoms with Gasteiger partial charge in [-0.05, 0) is 30.5 Å². The molecule has 2 rings (SSSR count). The molecule has 0 aliphatic carbocycles. The van der Waals surface area contributed by atoms with E-state index in [2.05, 4.69) is 11.8 Å². The molecule has 0 amide bonds. The zero-order valence-electron chi connectivity index (χ0n) is 10.7. The second-order valence-corrected chi connectivity index (χ2v) is 5.51. The smallest absolute Gasteiger partial charge is 0.0693 e. The summed E-state index contributed by atoms with van der Waals surface area (Å²) in [7, 11) is 0. The van der Waals surface area contributed by atoms with Crippen LogP contribution >= 0.6 is 11.6 Å². The molecule has 1 heterocycles. The summed E-state index contributed by atoms with van der Waals surface area (Å²) in [6.45, 7) is 4.25. The number of nitrogens with zero attached hydrogens (tertiary/aromatic N) is 1. The van der Waals surface area contributed by atoms with E-state index in [1.54, 1.807) is 0 Å². The van der Waals surface area contributed by atoms with Crippen LogP contribution in [-0.2, 0) is 0 Å². The lowest BCUT2D eigenvalue weighted by Gasteiger charge is -2.39.